The van der Waals surface area contributed by atoms with Crippen molar-refractivity contribution in [2.24, 2.45) is 0 Å². The van der Waals surface area contributed by atoms with E-state index in [1.54, 1.807) is 24.3 Å². The van der Waals surface area contributed by atoms with Gasteiger partial charge in [-0.15, -0.1) is 6.58 Å². The van der Waals surface area contributed by atoms with Crippen LogP contribution < -0.4 is 0 Å². The molecule has 0 aromatic heterocycles. The van der Waals surface area contributed by atoms with Gasteiger partial charge in [0.05, 0.1) is 6.42 Å². The van der Waals surface area contributed by atoms with Crippen LogP contribution in [0.4, 0.5) is 0 Å². The highest BCUT2D eigenvalue weighted by molar-refractivity contribution is 6.30. The Kier molecular flexibility index (Phi) is 3.72. The minimum Gasteiger partial charge on any atom is -0.481 e. The highest BCUT2D eigenvalue weighted by atomic mass is 35.5. The van der Waals surface area contributed by atoms with E-state index in [9.17, 15) is 4.79 Å². The van der Waals surface area contributed by atoms with Gasteiger partial charge in [0.15, 0.2) is 0 Å². The third-order valence-electron chi connectivity index (χ3n) is 1.87. The van der Waals surface area contributed by atoms with Crippen molar-refractivity contribution in [1.82, 2.24) is 0 Å². The first kappa shape index (κ1) is 10.8. The highest BCUT2D eigenvalue weighted by Gasteiger charge is 2.06. The zero-order valence-corrected chi connectivity index (χ0v) is 8.42. The van der Waals surface area contributed by atoms with Crippen molar-refractivity contribution in [3.8, 4) is 0 Å². The first-order valence-corrected chi connectivity index (χ1v) is 4.61. The van der Waals surface area contributed by atoms with Crippen LogP contribution in [0.1, 0.15) is 11.1 Å². The Labute approximate surface area is 87.8 Å². The lowest BCUT2D eigenvalue weighted by molar-refractivity contribution is -0.136. The molecule has 0 fully saturated rings. The quantitative estimate of drug-likeness (QED) is 0.776. The predicted octanol–water partition coefficient (Wildman–Crippen LogP) is 2.70. The maximum Gasteiger partial charge on any atom is 0.307 e. The highest BCUT2D eigenvalue weighted by Crippen LogP contribution is 2.17. The molecule has 0 aliphatic rings. The van der Waals surface area contributed by atoms with Gasteiger partial charge in [0.1, 0.15) is 0 Å². The molecule has 0 radical (unpaired) electrons. The second-order valence-corrected chi connectivity index (χ2v) is 3.41. The van der Waals surface area contributed by atoms with Crippen LogP contribution in [-0.4, -0.2) is 11.1 Å². The Morgan fingerprint density at radius 1 is 1.50 bits per heavy atom. The van der Waals surface area contributed by atoms with Gasteiger partial charge in [-0.25, -0.2) is 0 Å². The lowest BCUT2D eigenvalue weighted by Gasteiger charge is -2.05. The molecule has 74 valence electrons. The van der Waals surface area contributed by atoms with E-state index in [-0.39, 0.29) is 6.42 Å². The summed E-state index contributed by atoms with van der Waals surface area (Å²) in [5, 5.41) is 9.29. The van der Waals surface area contributed by atoms with Crippen LogP contribution in [0, 0.1) is 0 Å². The Bertz CT molecular complexity index is 358. The summed E-state index contributed by atoms with van der Waals surface area (Å²) in [4.78, 5) is 10.6. The fraction of sp³-hybridized carbons (Fsp3) is 0.182. The second-order valence-electron chi connectivity index (χ2n) is 2.98. The average molecular weight is 211 g/mol. The molecule has 0 unspecified atom stereocenters. The van der Waals surface area contributed by atoms with Crippen LogP contribution in [0.15, 0.2) is 30.9 Å². The zero-order valence-electron chi connectivity index (χ0n) is 7.66. The minimum atomic E-state index is -0.836. The normalized spacial score (nSPS) is 9.79. The van der Waals surface area contributed by atoms with E-state index in [0.717, 1.165) is 11.1 Å². The summed E-state index contributed by atoms with van der Waals surface area (Å²) in [6.45, 7) is 3.62. The maximum atomic E-state index is 10.6. The number of hydrogen-bond donors (Lipinski definition) is 1. The van der Waals surface area contributed by atoms with Crippen molar-refractivity contribution < 1.29 is 9.90 Å². The Balaban J connectivity index is 3.01. The fourth-order valence-electron chi connectivity index (χ4n) is 1.28. The van der Waals surface area contributed by atoms with Crippen LogP contribution >= 0.6 is 11.6 Å². The topological polar surface area (TPSA) is 37.3 Å². The Hall–Kier alpha value is -1.28. The van der Waals surface area contributed by atoms with E-state index in [4.69, 9.17) is 16.7 Å². The summed E-state index contributed by atoms with van der Waals surface area (Å²) in [7, 11) is 0. The Morgan fingerprint density at radius 2 is 2.21 bits per heavy atom. The molecule has 0 saturated heterocycles. The SMILES string of the molecule is C=CCc1cc(Cl)ccc1CC(=O)O. The number of hydrogen-bond acceptors (Lipinski definition) is 1. The molecule has 0 aliphatic heterocycles. The van der Waals surface area contributed by atoms with Crippen LogP contribution in [0.25, 0.3) is 0 Å². The smallest absolute Gasteiger partial charge is 0.307 e. The Morgan fingerprint density at radius 3 is 2.79 bits per heavy atom. The van der Waals surface area contributed by atoms with Crippen molar-refractivity contribution in [2.75, 3.05) is 0 Å². The molecule has 1 aromatic rings. The van der Waals surface area contributed by atoms with Gasteiger partial charge in [-0.1, -0.05) is 23.7 Å². The summed E-state index contributed by atoms with van der Waals surface area (Å²) in [5.74, 6) is -0.836. The van der Waals surface area contributed by atoms with Gasteiger partial charge in [0, 0.05) is 5.02 Å². The maximum absolute atomic E-state index is 10.6. The number of rotatable bonds is 4. The predicted molar refractivity (Wildman–Crippen MR) is 56.7 cm³/mol. The van der Waals surface area contributed by atoms with E-state index in [0.29, 0.717) is 11.4 Å². The summed E-state index contributed by atoms with van der Waals surface area (Å²) < 4.78 is 0. The van der Waals surface area contributed by atoms with Gasteiger partial charge in [0.25, 0.3) is 0 Å². The average Bonchev–Trinajstić information content (AvgIpc) is 2.09. The second kappa shape index (κ2) is 4.82. The molecule has 1 aromatic carbocycles. The van der Waals surface area contributed by atoms with Gasteiger partial charge < -0.3 is 5.11 Å². The standard InChI is InChI=1S/C11H11ClO2/c1-2-3-8-6-10(12)5-4-9(8)7-11(13)14/h2,4-6H,1,3,7H2,(H,13,14). The zero-order chi connectivity index (χ0) is 10.6. The first-order chi connectivity index (χ1) is 6.63. The third kappa shape index (κ3) is 2.89. The van der Waals surface area contributed by atoms with Crippen molar-refractivity contribution in [1.29, 1.82) is 0 Å². The summed E-state index contributed by atoms with van der Waals surface area (Å²) in [5.41, 5.74) is 1.72. The van der Waals surface area contributed by atoms with Crippen molar-refractivity contribution in [3.05, 3.63) is 47.0 Å². The van der Waals surface area contributed by atoms with Crippen LogP contribution in [0.3, 0.4) is 0 Å². The van der Waals surface area contributed by atoms with E-state index in [2.05, 4.69) is 6.58 Å². The van der Waals surface area contributed by atoms with E-state index < -0.39 is 5.97 Å². The molecule has 0 saturated carbocycles. The van der Waals surface area contributed by atoms with Gasteiger partial charge in [-0.05, 0) is 29.7 Å². The molecule has 0 heterocycles. The largest absolute Gasteiger partial charge is 0.481 e. The summed E-state index contributed by atoms with van der Waals surface area (Å²) >= 11 is 5.81. The van der Waals surface area contributed by atoms with E-state index in [1.165, 1.54) is 0 Å². The number of halogens is 1. The van der Waals surface area contributed by atoms with Gasteiger partial charge in [-0.3, -0.25) is 4.79 Å². The molecule has 0 bridgehead atoms. The van der Waals surface area contributed by atoms with Gasteiger partial charge >= 0.3 is 5.97 Å². The molecule has 3 heteroatoms. The van der Waals surface area contributed by atoms with Crippen molar-refractivity contribution in [2.45, 2.75) is 12.8 Å². The molecular formula is C11H11ClO2. The van der Waals surface area contributed by atoms with Crippen LogP contribution in [-0.2, 0) is 17.6 Å². The van der Waals surface area contributed by atoms with Crippen molar-refractivity contribution in [3.63, 3.8) is 0 Å². The van der Waals surface area contributed by atoms with E-state index in [1.807, 2.05) is 0 Å². The summed E-state index contributed by atoms with van der Waals surface area (Å²) in [6, 6.07) is 5.23. The van der Waals surface area contributed by atoms with E-state index >= 15 is 0 Å². The lowest BCUT2D eigenvalue weighted by Crippen LogP contribution is -2.03. The molecule has 0 atom stereocenters. The van der Waals surface area contributed by atoms with Crippen molar-refractivity contribution >= 4 is 17.6 Å². The number of carboxylic acids is 1. The number of carbonyl (C=O) groups is 1. The molecule has 2 nitrogen and oxygen atoms in total. The van der Waals surface area contributed by atoms with Crippen LogP contribution in [0.2, 0.25) is 5.02 Å². The number of carboxylic acid groups (broad SMARTS) is 1. The molecule has 14 heavy (non-hydrogen) atoms. The third-order valence-corrected chi connectivity index (χ3v) is 2.11. The fourth-order valence-corrected chi connectivity index (χ4v) is 1.47. The lowest BCUT2D eigenvalue weighted by atomic mass is 10.0. The molecular weight excluding hydrogens is 200 g/mol. The number of aliphatic carboxylic acids is 1. The van der Waals surface area contributed by atoms with Gasteiger partial charge in [-0.2, -0.15) is 0 Å². The summed E-state index contributed by atoms with van der Waals surface area (Å²) in [6.07, 6.45) is 2.40. The first-order valence-electron chi connectivity index (χ1n) is 4.23. The van der Waals surface area contributed by atoms with Gasteiger partial charge in [0.2, 0.25) is 0 Å². The molecule has 0 spiro atoms. The number of allylic oxidation sites excluding steroid dienone is 1. The number of benzene rings is 1. The molecule has 1 N–H and O–H groups in total. The monoisotopic (exact) mass is 210 g/mol. The minimum absolute atomic E-state index is 0.0281. The molecule has 0 aliphatic carbocycles. The van der Waals surface area contributed by atoms with Crippen LogP contribution in [0.5, 0.6) is 0 Å². The molecule has 0 amide bonds. The molecule has 1 rings (SSSR count).